The van der Waals surface area contributed by atoms with Crippen molar-refractivity contribution in [2.24, 2.45) is 5.92 Å². The fraction of sp³-hybridized carbons (Fsp3) is 0.462. The molecule has 0 radical (unpaired) electrons. The second-order valence-corrected chi connectivity index (χ2v) is 4.65. The molecule has 1 aromatic heterocycles. The van der Waals surface area contributed by atoms with Crippen LogP contribution in [0.5, 0.6) is 0 Å². The lowest BCUT2D eigenvalue weighted by atomic mass is 10.2. The third kappa shape index (κ3) is 4.33. The van der Waals surface area contributed by atoms with E-state index in [4.69, 9.17) is 0 Å². The van der Waals surface area contributed by atoms with E-state index >= 15 is 0 Å². The number of hydrogen-bond donors (Lipinski definition) is 3. The van der Waals surface area contributed by atoms with E-state index in [1.54, 1.807) is 18.3 Å². The average molecular weight is 263 g/mol. The molecule has 1 aliphatic carbocycles. The Labute approximate surface area is 111 Å². The van der Waals surface area contributed by atoms with Gasteiger partial charge in [-0.05, 0) is 37.3 Å². The first kappa shape index (κ1) is 13.5. The predicted octanol–water partition coefficient (Wildman–Crippen LogP) is 0.297. The SMILES string of the molecule is O=C(NCC[C@@H](O)C1CC1)C(=O)Nc1cccnc1. The minimum absolute atomic E-state index is 0.303. The lowest BCUT2D eigenvalue weighted by molar-refractivity contribution is -0.136. The van der Waals surface area contributed by atoms with Gasteiger partial charge in [0, 0.05) is 12.7 Å². The van der Waals surface area contributed by atoms with Gasteiger partial charge in [-0.15, -0.1) is 0 Å². The first-order valence-corrected chi connectivity index (χ1v) is 6.34. The molecule has 2 amide bonds. The molecular formula is C13H17N3O3. The second-order valence-electron chi connectivity index (χ2n) is 4.65. The van der Waals surface area contributed by atoms with Crippen molar-refractivity contribution in [2.45, 2.75) is 25.4 Å². The molecule has 0 unspecified atom stereocenters. The lowest BCUT2D eigenvalue weighted by Gasteiger charge is -2.09. The maximum Gasteiger partial charge on any atom is 0.313 e. The van der Waals surface area contributed by atoms with Crippen molar-refractivity contribution in [3.05, 3.63) is 24.5 Å². The Hall–Kier alpha value is -1.95. The van der Waals surface area contributed by atoms with E-state index in [1.807, 2.05) is 0 Å². The molecule has 0 spiro atoms. The van der Waals surface area contributed by atoms with Gasteiger partial charge < -0.3 is 15.7 Å². The van der Waals surface area contributed by atoms with Crippen LogP contribution in [0.15, 0.2) is 24.5 Å². The number of amides is 2. The van der Waals surface area contributed by atoms with Gasteiger partial charge in [0.15, 0.2) is 0 Å². The summed E-state index contributed by atoms with van der Waals surface area (Å²) in [6, 6.07) is 3.31. The Morgan fingerprint density at radius 2 is 2.21 bits per heavy atom. The molecule has 102 valence electrons. The van der Waals surface area contributed by atoms with Crippen LogP contribution >= 0.6 is 0 Å². The Kier molecular flexibility index (Phi) is 4.46. The zero-order chi connectivity index (χ0) is 13.7. The van der Waals surface area contributed by atoms with Crippen LogP contribution in [0.25, 0.3) is 0 Å². The number of nitrogens with zero attached hydrogens (tertiary/aromatic N) is 1. The molecule has 19 heavy (non-hydrogen) atoms. The summed E-state index contributed by atoms with van der Waals surface area (Å²) < 4.78 is 0. The highest BCUT2D eigenvalue weighted by molar-refractivity contribution is 6.39. The summed E-state index contributed by atoms with van der Waals surface area (Å²) >= 11 is 0. The van der Waals surface area contributed by atoms with Gasteiger partial charge in [0.25, 0.3) is 0 Å². The second kappa shape index (κ2) is 6.29. The fourth-order valence-corrected chi connectivity index (χ4v) is 1.76. The number of rotatable bonds is 5. The highest BCUT2D eigenvalue weighted by atomic mass is 16.3. The van der Waals surface area contributed by atoms with Crippen molar-refractivity contribution in [1.82, 2.24) is 10.3 Å². The molecule has 1 heterocycles. The minimum atomic E-state index is -0.728. The zero-order valence-electron chi connectivity index (χ0n) is 10.5. The topological polar surface area (TPSA) is 91.3 Å². The highest BCUT2D eigenvalue weighted by Gasteiger charge is 2.29. The molecule has 1 fully saturated rings. The van der Waals surface area contributed by atoms with Gasteiger partial charge in [0.1, 0.15) is 0 Å². The molecule has 6 nitrogen and oxygen atoms in total. The summed E-state index contributed by atoms with van der Waals surface area (Å²) in [5, 5.41) is 14.5. The molecule has 6 heteroatoms. The standard InChI is InChI=1S/C13H17N3O3/c17-11(9-3-4-9)5-7-15-12(18)13(19)16-10-2-1-6-14-8-10/h1-2,6,8-9,11,17H,3-5,7H2,(H,15,18)(H,16,19)/t11-/m1/s1. The first-order chi connectivity index (χ1) is 9.16. The van der Waals surface area contributed by atoms with E-state index in [0.29, 0.717) is 24.6 Å². The number of hydrogen-bond acceptors (Lipinski definition) is 4. The van der Waals surface area contributed by atoms with Gasteiger partial charge in [0.2, 0.25) is 0 Å². The minimum Gasteiger partial charge on any atom is -0.393 e. The third-order valence-corrected chi connectivity index (χ3v) is 3.02. The van der Waals surface area contributed by atoms with Crippen LogP contribution < -0.4 is 10.6 Å². The van der Waals surface area contributed by atoms with Crippen LogP contribution in [0.1, 0.15) is 19.3 Å². The summed E-state index contributed by atoms with van der Waals surface area (Å²) in [5.41, 5.74) is 0.473. The lowest BCUT2D eigenvalue weighted by Crippen LogP contribution is -2.37. The number of aromatic nitrogens is 1. The average Bonchev–Trinajstić information content (AvgIpc) is 3.24. The maximum absolute atomic E-state index is 11.5. The van der Waals surface area contributed by atoms with Crippen LogP contribution in [-0.4, -0.2) is 34.6 Å². The van der Waals surface area contributed by atoms with Crippen molar-refractivity contribution in [3.63, 3.8) is 0 Å². The van der Waals surface area contributed by atoms with Gasteiger partial charge >= 0.3 is 11.8 Å². The van der Waals surface area contributed by atoms with Gasteiger partial charge in [-0.25, -0.2) is 0 Å². The van der Waals surface area contributed by atoms with Crippen LogP contribution in [0.3, 0.4) is 0 Å². The Morgan fingerprint density at radius 3 is 2.84 bits per heavy atom. The van der Waals surface area contributed by atoms with Crippen LogP contribution in [0.4, 0.5) is 5.69 Å². The number of aliphatic hydroxyl groups is 1. The van der Waals surface area contributed by atoms with E-state index in [1.165, 1.54) is 6.20 Å². The number of pyridine rings is 1. The third-order valence-electron chi connectivity index (χ3n) is 3.02. The number of carbonyl (C=O) groups excluding carboxylic acids is 2. The van der Waals surface area contributed by atoms with Crippen molar-refractivity contribution in [2.75, 3.05) is 11.9 Å². The number of carbonyl (C=O) groups is 2. The fourth-order valence-electron chi connectivity index (χ4n) is 1.76. The molecule has 1 saturated carbocycles. The summed E-state index contributed by atoms with van der Waals surface area (Å²) in [6.07, 6.45) is 5.25. The molecule has 1 aliphatic rings. The maximum atomic E-state index is 11.5. The van der Waals surface area contributed by atoms with Crippen molar-refractivity contribution < 1.29 is 14.7 Å². The predicted molar refractivity (Wildman–Crippen MR) is 69.2 cm³/mol. The molecule has 0 aromatic carbocycles. The number of nitrogens with one attached hydrogen (secondary N) is 2. The molecule has 0 saturated heterocycles. The van der Waals surface area contributed by atoms with Gasteiger partial charge in [-0.1, -0.05) is 0 Å². The van der Waals surface area contributed by atoms with Crippen LogP contribution in [-0.2, 0) is 9.59 Å². The van der Waals surface area contributed by atoms with E-state index in [-0.39, 0.29) is 6.10 Å². The normalized spacial score (nSPS) is 15.6. The Balaban J connectivity index is 1.68. The molecule has 1 aromatic rings. The molecule has 2 rings (SSSR count). The molecule has 0 aliphatic heterocycles. The van der Waals surface area contributed by atoms with Crippen molar-refractivity contribution >= 4 is 17.5 Å². The highest BCUT2D eigenvalue weighted by Crippen LogP contribution is 2.33. The van der Waals surface area contributed by atoms with E-state index in [0.717, 1.165) is 12.8 Å². The van der Waals surface area contributed by atoms with Crippen LogP contribution in [0.2, 0.25) is 0 Å². The molecular weight excluding hydrogens is 246 g/mol. The Morgan fingerprint density at radius 1 is 1.42 bits per heavy atom. The number of aliphatic hydroxyl groups excluding tert-OH is 1. The molecule has 3 N–H and O–H groups in total. The summed E-state index contributed by atoms with van der Waals surface area (Å²) in [4.78, 5) is 26.8. The number of anilines is 1. The van der Waals surface area contributed by atoms with Crippen molar-refractivity contribution in [3.8, 4) is 0 Å². The summed E-state index contributed by atoms with van der Waals surface area (Å²) in [7, 11) is 0. The molecule has 1 atom stereocenters. The van der Waals surface area contributed by atoms with Crippen molar-refractivity contribution in [1.29, 1.82) is 0 Å². The zero-order valence-corrected chi connectivity index (χ0v) is 10.5. The quantitative estimate of drug-likeness (QED) is 0.666. The summed E-state index contributed by atoms with van der Waals surface area (Å²) in [5.74, 6) is -1.05. The smallest absolute Gasteiger partial charge is 0.313 e. The largest absolute Gasteiger partial charge is 0.393 e. The van der Waals surface area contributed by atoms with Gasteiger partial charge in [-0.2, -0.15) is 0 Å². The monoisotopic (exact) mass is 263 g/mol. The van der Waals surface area contributed by atoms with Gasteiger partial charge in [-0.3, -0.25) is 14.6 Å². The van der Waals surface area contributed by atoms with E-state index < -0.39 is 11.8 Å². The first-order valence-electron chi connectivity index (χ1n) is 6.34. The Bertz CT molecular complexity index is 446. The molecule has 0 bridgehead atoms. The van der Waals surface area contributed by atoms with E-state index in [9.17, 15) is 14.7 Å². The van der Waals surface area contributed by atoms with E-state index in [2.05, 4.69) is 15.6 Å². The van der Waals surface area contributed by atoms with Crippen LogP contribution in [0, 0.1) is 5.92 Å². The van der Waals surface area contributed by atoms with Gasteiger partial charge in [0.05, 0.1) is 18.0 Å². The summed E-state index contributed by atoms with van der Waals surface area (Å²) in [6.45, 7) is 0.303.